The van der Waals surface area contributed by atoms with Crippen LogP contribution in [0.2, 0.25) is 0 Å². The van der Waals surface area contributed by atoms with Crippen molar-refractivity contribution in [2.24, 2.45) is 0 Å². The minimum atomic E-state index is -0.447. The summed E-state index contributed by atoms with van der Waals surface area (Å²) in [5, 5.41) is 2.67. The molecule has 3 aromatic carbocycles. The number of amides is 1. The Labute approximate surface area is 181 Å². The standard InChI is InChI=1S/C25H25FN2O3/c26-22-9-6-10-23(28-15-4-5-16-28)25(22)27-24(29)18-31-21-13-11-20(12-14-21)30-17-19-7-2-1-3-8-19/h1-3,6-14H,4-5,15-18H2,(H,27,29). The molecule has 6 heteroatoms. The molecule has 0 radical (unpaired) electrons. The van der Waals surface area contributed by atoms with Gasteiger partial charge in [-0.25, -0.2) is 4.39 Å². The van der Waals surface area contributed by atoms with Gasteiger partial charge in [-0.05, 0) is 54.8 Å². The number of hydrogen-bond donors (Lipinski definition) is 1. The number of para-hydroxylation sites is 1. The molecule has 1 N–H and O–H groups in total. The van der Waals surface area contributed by atoms with Crippen LogP contribution in [-0.2, 0) is 11.4 Å². The number of hydrogen-bond acceptors (Lipinski definition) is 4. The van der Waals surface area contributed by atoms with Crippen molar-refractivity contribution in [1.29, 1.82) is 0 Å². The predicted molar refractivity (Wildman–Crippen MR) is 119 cm³/mol. The first-order valence-corrected chi connectivity index (χ1v) is 10.4. The van der Waals surface area contributed by atoms with E-state index >= 15 is 0 Å². The predicted octanol–water partition coefficient (Wildman–Crippen LogP) is 5.02. The Balaban J connectivity index is 1.30. The molecular weight excluding hydrogens is 395 g/mol. The van der Waals surface area contributed by atoms with E-state index in [0.717, 1.165) is 31.5 Å². The second kappa shape index (κ2) is 9.98. The molecule has 0 bridgehead atoms. The number of carbonyl (C=O) groups excluding carboxylic acids is 1. The smallest absolute Gasteiger partial charge is 0.262 e. The summed E-state index contributed by atoms with van der Waals surface area (Å²) in [7, 11) is 0. The minimum Gasteiger partial charge on any atom is -0.489 e. The number of halogens is 1. The Morgan fingerprint density at radius 3 is 2.26 bits per heavy atom. The number of anilines is 2. The molecular formula is C25H25FN2O3. The van der Waals surface area contributed by atoms with Crippen LogP contribution < -0.4 is 19.7 Å². The molecule has 4 rings (SSSR count). The fourth-order valence-electron chi connectivity index (χ4n) is 3.56. The second-order valence-electron chi connectivity index (χ2n) is 7.41. The second-order valence-corrected chi connectivity index (χ2v) is 7.41. The highest BCUT2D eigenvalue weighted by molar-refractivity contribution is 5.95. The van der Waals surface area contributed by atoms with E-state index in [1.807, 2.05) is 36.4 Å². The number of ether oxygens (including phenoxy) is 2. The molecule has 0 spiro atoms. The Morgan fingerprint density at radius 1 is 0.871 bits per heavy atom. The lowest BCUT2D eigenvalue weighted by molar-refractivity contribution is -0.118. The number of benzene rings is 3. The maximum atomic E-state index is 14.4. The number of nitrogens with one attached hydrogen (secondary N) is 1. The van der Waals surface area contributed by atoms with Crippen LogP contribution in [0.1, 0.15) is 18.4 Å². The number of nitrogens with zero attached hydrogens (tertiary/aromatic N) is 1. The van der Waals surface area contributed by atoms with Gasteiger partial charge in [-0.3, -0.25) is 4.79 Å². The maximum absolute atomic E-state index is 14.4. The summed E-state index contributed by atoms with van der Waals surface area (Å²) in [6.07, 6.45) is 2.14. The van der Waals surface area contributed by atoms with Gasteiger partial charge in [-0.2, -0.15) is 0 Å². The molecule has 31 heavy (non-hydrogen) atoms. The lowest BCUT2D eigenvalue weighted by atomic mass is 10.2. The lowest BCUT2D eigenvalue weighted by Crippen LogP contribution is -2.24. The maximum Gasteiger partial charge on any atom is 0.262 e. The van der Waals surface area contributed by atoms with Gasteiger partial charge >= 0.3 is 0 Å². The first-order chi connectivity index (χ1) is 15.2. The van der Waals surface area contributed by atoms with Crippen molar-refractivity contribution in [3.05, 3.63) is 84.2 Å². The Morgan fingerprint density at radius 2 is 1.55 bits per heavy atom. The van der Waals surface area contributed by atoms with Gasteiger partial charge in [0.15, 0.2) is 6.61 Å². The highest BCUT2D eigenvalue weighted by Gasteiger charge is 2.19. The number of carbonyl (C=O) groups is 1. The summed E-state index contributed by atoms with van der Waals surface area (Å²) in [6, 6.07) is 21.8. The monoisotopic (exact) mass is 420 g/mol. The van der Waals surface area contributed by atoms with Gasteiger partial charge in [0.1, 0.15) is 29.6 Å². The molecule has 0 aliphatic carbocycles. The summed E-state index contributed by atoms with van der Waals surface area (Å²) >= 11 is 0. The third-order valence-electron chi connectivity index (χ3n) is 5.14. The van der Waals surface area contributed by atoms with Crippen LogP contribution in [-0.4, -0.2) is 25.6 Å². The molecule has 5 nitrogen and oxygen atoms in total. The molecule has 1 aliphatic rings. The largest absolute Gasteiger partial charge is 0.489 e. The quantitative estimate of drug-likeness (QED) is 0.556. The fourth-order valence-corrected chi connectivity index (χ4v) is 3.56. The molecule has 0 atom stereocenters. The summed E-state index contributed by atoms with van der Waals surface area (Å²) < 4.78 is 25.7. The highest BCUT2D eigenvalue weighted by Crippen LogP contribution is 2.31. The van der Waals surface area contributed by atoms with Gasteiger partial charge in [-0.1, -0.05) is 36.4 Å². The van der Waals surface area contributed by atoms with Crippen LogP contribution in [0, 0.1) is 5.82 Å². The molecule has 1 fully saturated rings. The molecule has 3 aromatic rings. The molecule has 1 aliphatic heterocycles. The fraction of sp³-hybridized carbons (Fsp3) is 0.240. The normalized spacial score (nSPS) is 13.1. The van der Waals surface area contributed by atoms with Crippen molar-refractivity contribution in [3.63, 3.8) is 0 Å². The first-order valence-electron chi connectivity index (χ1n) is 10.4. The van der Waals surface area contributed by atoms with E-state index in [9.17, 15) is 9.18 Å². The van der Waals surface area contributed by atoms with Gasteiger partial charge in [0.05, 0.1) is 5.69 Å². The highest BCUT2D eigenvalue weighted by atomic mass is 19.1. The van der Waals surface area contributed by atoms with E-state index in [1.165, 1.54) is 6.07 Å². The molecule has 1 heterocycles. The van der Waals surface area contributed by atoms with Crippen molar-refractivity contribution < 1.29 is 18.7 Å². The average molecular weight is 420 g/mol. The van der Waals surface area contributed by atoms with Gasteiger partial charge < -0.3 is 19.7 Å². The molecule has 1 saturated heterocycles. The van der Waals surface area contributed by atoms with Crippen LogP contribution in [0.3, 0.4) is 0 Å². The van der Waals surface area contributed by atoms with Crippen molar-refractivity contribution in [2.75, 3.05) is 29.9 Å². The lowest BCUT2D eigenvalue weighted by Gasteiger charge is -2.22. The Hall–Kier alpha value is -3.54. The topological polar surface area (TPSA) is 50.8 Å². The SMILES string of the molecule is O=C(COc1ccc(OCc2ccccc2)cc1)Nc1c(F)cccc1N1CCCC1. The molecule has 0 aromatic heterocycles. The van der Waals surface area contributed by atoms with Gasteiger partial charge in [0, 0.05) is 13.1 Å². The molecule has 0 unspecified atom stereocenters. The van der Waals surface area contributed by atoms with Crippen molar-refractivity contribution in [1.82, 2.24) is 0 Å². The van der Waals surface area contributed by atoms with E-state index in [-0.39, 0.29) is 12.3 Å². The zero-order chi connectivity index (χ0) is 21.5. The zero-order valence-electron chi connectivity index (χ0n) is 17.2. The molecule has 1 amide bonds. The number of rotatable bonds is 8. The van der Waals surface area contributed by atoms with Crippen LogP contribution >= 0.6 is 0 Å². The summed E-state index contributed by atoms with van der Waals surface area (Å²) in [5.41, 5.74) is 2.01. The summed E-state index contributed by atoms with van der Waals surface area (Å²) in [5.74, 6) is 0.394. The van der Waals surface area contributed by atoms with Crippen LogP contribution in [0.5, 0.6) is 11.5 Å². The third kappa shape index (κ3) is 5.54. The molecule has 160 valence electrons. The average Bonchev–Trinajstić information content (AvgIpc) is 3.34. The van der Waals surface area contributed by atoms with Crippen LogP contribution in [0.25, 0.3) is 0 Å². The third-order valence-corrected chi connectivity index (χ3v) is 5.14. The van der Waals surface area contributed by atoms with Crippen molar-refractivity contribution in [2.45, 2.75) is 19.4 Å². The van der Waals surface area contributed by atoms with E-state index in [0.29, 0.717) is 23.8 Å². The van der Waals surface area contributed by atoms with E-state index < -0.39 is 11.7 Å². The van der Waals surface area contributed by atoms with Crippen LogP contribution in [0.4, 0.5) is 15.8 Å². The minimum absolute atomic E-state index is 0.210. The van der Waals surface area contributed by atoms with E-state index in [1.54, 1.807) is 30.3 Å². The van der Waals surface area contributed by atoms with Crippen LogP contribution in [0.15, 0.2) is 72.8 Å². The van der Waals surface area contributed by atoms with Gasteiger partial charge in [0.2, 0.25) is 0 Å². The van der Waals surface area contributed by atoms with Crippen molar-refractivity contribution in [3.8, 4) is 11.5 Å². The molecule has 0 saturated carbocycles. The van der Waals surface area contributed by atoms with E-state index in [2.05, 4.69) is 10.2 Å². The first kappa shape index (κ1) is 20.7. The Bertz CT molecular complexity index is 1000. The zero-order valence-corrected chi connectivity index (χ0v) is 17.2. The summed E-state index contributed by atoms with van der Waals surface area (Å²) in [6.45, 7) is 1.99. The Kier molecular flexibility index (Phi) is 6.67. The van der Waals surface area contributed by atoms with Gasteiger partial charge in [0.25, 0.3) is 5.91 Å². The summed E-state index contributed by atoms with van der Waals surface area (Å²) in [4.78, 5) is 14.5. The van der Waals surface area contributed by atoms with Crippen molar-refractivity contribution >= 4 is 17.3 Å². The van der Waals surface area contributed by atoms with E-state index in [4.69, 9.17) is 9.47 Å². The van der Waals surface area contributed by atoms with Gasteiger partial charge in [-0.15, -0.1) is 0 Å².